The molecule has 2 fully saturated rings. The number of amidine groups is 1. The number of carbonyl (C=O) groups is 1. The normalized spacial score (nSPS) is 23.9. The molecule has 1 unspecified atom stereocenters. The lowest BCUT2D eigenvalue weighted by molar-refractivity contribution is -0.139. The van der Waals surface area contributed by atoms with Crippen LogP contribution in [0, 0.1) is 0 Å². The van der Waals surface area contributed by atoms with Gasteiger partial charge in [0, 0.05) is 56.4 Å². The average molecular weight is 494 g/mol. The van der Waals surface area contributed by atoms with Crippen molar-refractivity contribution in [1.82, 2.24) is 20.4 Å². The highest BCUT2D eigenvalue weighted by Gasteiger charge is 2.28. The Labute approximate surface area is 212 Å². The molecule has 0 saturated carbocycles. The first-order valence-corrected chi connectivity index (χ1v) is 12.6. The van der Waals surface area contributed by atoms with Crippen LogP contribution >= 0.6 is 0 Å². The number of hydrogen-bond donors (Lipinski definition) is 2. The number of ether oxygens (including phenoxy) is 2. The fraction of sp³-hybridized carbons (Fsp3) is 0.500. The molecule has 1 aromatic carbocycles. The topological polar surface area (TPSA) is 94.0 Å². The number of anilines is 1. The summed E-state index contributed by atoms with van der Waals surface area (Å²) in [4.78, 5) is 28.1. The highest BCUT2D eigenvalue weighted by Crippen LogP contribution is 2.25. The van der Waals surface area contributed by atoms with E-state index < -0.39 is 0 Å². The van der Waals surface area contributed by atoms with E-state index in [4.69, 9.17) is 14.5 Å². The second-order valence-electron chi connectivity index (χ2n) is 9.58. The summed E-state index contributed by atoms with van der Waals surface area (Å²) in [7, 11) is 3.81. The number of nitrogens with one attached hydrogen (secondary N) is 2. The Kier molecular flexibility index (Phi) is 7.64. The number of hydrogen-bond acceptors (Lipinski definition) is 9. The van der Waals surface area contributed by atoms with Crippen molar-refractivity contribution in [2.24, 2.45) is 9.98 Å². The molecule has 4 aliphatic heterocycles. The second-order valence-corrected chi connectivity index (χ2v) is 9.58. The Morgan fingerprint density at radius 3 is 2.75 bits per heavy atom. The number of likely N-dealkylation sites (N-methyl/N-ethyl adjacent to an activating group) is 1. The molecule has 0 bridgehead atoms. The lowest BCUT2D eigenvalue weighted by Gasteiger charge is -2.34. The third kappa shape index (κ3) is 5.77. The molecule has 10 nitrogen and oxygen atoms in total. The molecule has 36 heavy (non-hydrogen) atoms. The van der Waals surface area contributed by atoms with Crippen molar-refractivity contribution < 1.29 is 14.3 Å². The van der Waals surface area contributed by atoms with Gasteiger partial charge in [0.15, 0.2) is 5.84 Å². The third-order valence-electron chi connectivity index (χ3n) is 6.64. The molecule has 2 atom stereocenters. The smallest absolute Gasteiger partial charge is 0.236 e. The summed E-state index contributed by atoms with van der Waals surface area (Å²) in [6, 6.07) is 8.48. The number of amides is 1. The third-order valence-corrected chi connectivity index (χ3v) is 6.64. The number of aliphatic imine (C=N–C) groups is 2. The van der Waals surface area contributed by atoms with Crippen molar-refractivity contribution >= 4 is 28.8 Å². The van der Waals surface area contributed by atoms with Gasteiger partial charge in [-0.25, -0.2) is 4.99 Å². The van der Waals surface area contributed by atoms with E-state index in [1.165, 1.54) is 5.69 Å². The predicted molar refractivity (Wildman–Crippen MR) is 141 cm³/mol. The van der Waals surface area contributed by atoms with Crippen LogP contribution in [0.3, 0.4) is 0 Å². The van der Waals surface area contributed by atoms with E-state index in [0.717, 1.165) is 49.1 Å². The SMILES string of the molecule is CN(C)CC(=O)N1CCO[C@H](CNC2=NC(c3ccc(N4CCOCC4)cc3)=CC3NC=CN=C23)C1. The summed E-state index contributed by atoms with van der Waals surface area (Å²) >= 11 is 0. The Hall–Kier alpha value is -3.21. The van der Waals surface area contributed by atoms with Crippen LogP contribution in [0.1, 0.15) is 5.56 Å². The molecule has 0 spiro atoms. The number of carbonyl (C=O) groups excluding carboxylic acids is 1. The van der Waals surface area contributed by atoms with Crippen LogP contribution < -0.4 is 15.5 Å². The minimum Gasteiger partial charge on any atom is -0.378 e. The minimum absolute atomic E-state index is 0.0608. The van der Waals surface area contributed by atoms with Gasteiger partial charge in [0.25, 0.3) is 0 Å². The highest BCUT2D eigenvalue weighted by atomic mass is 16.5. The van der Waals surface area contributed by atoms with Gasteiger partial charge in [-0.05, 0) is 32.3 Å². The van der Waals surface area contributed by atoms with Crippen molar-refractivity contribution in [2.75, 3.05) is 78.1 Å². The fourth-order valence-corrected chi connectivity index (χ4v) is 4.74. The molecule has 0 aromatic heterocycles. The Bertz CT molecular complexity index is 1060. The van der Waals surface area contributed by atoms with Crippen molar-refractivity contribution in [3.63, 3.8) is 0 Å². The molecule has 1 aromatic rings. The van der Waals surface area contributed by atoms with Crippen LogP contribution in [0.5, 0.6) is 0 Å². The molecule has 2 N–H and O–H groups in total. The fourth-order valence-electron chi connectivity index (χ4n) is 4.74. The molecule has 2 saturated heterocycles. The van der Waals surface area contributed by atoms with E-state index in [9.17, 15) is 4.79 Å². The quantitative estimate of drug-likeness (QED) is 0.598. The van der Waals surface area contributed by atoms with E-state index in [2.05, 4.69) is 50.9 Å². The molecular formula is C26H35N7O3. The molecule has 0 radical (unpaired) electrons. The van der Waals surface area contributed by atoms with Crippen LogP contribution in [0.4, 0.5) is 5.69 Å². The molecule has 10 heteroatoms. The predicted octanol–water partition coefficient (Wildman–Crippen LogP) is 0.539. The highest BCUT2D eigenvalue weighted by molar-refractivity contribution is 6.45. The molecule has 0 aliphatic carbocycles. The number of fused-ring (bicyclic) bond motifs is 1. The zero-order chi connectivity index (χ0) is 24.9. The van der Waals surface area contributed by atoms with Gasteiger partial charge in [-0.3, -0.25) is 9.79 Å². The molecule has 192 valence electrons. The summed E-state index contributed by atoms with van der Waals surface area (Å²) in [5, 5.41) is 6.84. The van der Waals surface area contributed by atoms with Crippen LogP contribution in [0.2, 0.25) is 0 Å². The monoisotopic (exact) mass is 493 g/mol. The zero-order valence-electron chi connectivity index (χ0n) is 21.0. The maximum atomic E-state index is 12.5. The zero-order valence-corrected chi connectivity index (χ0v) is 21.0. The van der Waals surface area contributed by atoms with Gasteiger partial charge < -0.3 is 34.8 Å². The van der Waals surface area contributed by atoms with Gasteiger partial charge >= 0.3 is 0 Å². The Morgan fingerprint density at radius 1 is 1.17 bits per heavy atom. The van der Waals surface area contributed by atoms with Crippen molar-refractivity contribution in [2.45, 2.75) is 12.1 Å². The van der Waals surface area contributed by atoms with E-state index in [0.29, 0.717) is 32.8 Å². The standard InChI is InChI=1S/C26H35N7O3/c1-31(2)18-24(34)33-11-14-36-21(17-33)16-29-26-25-23(27-7-8-28-25)15-22(30-26)19-3-5-20(6-4-19)32-9-12-35-13-10-32/h3-8,15,21,23,27H,9-14,16-18H2,1-2H3,(H,29,30)/t21-,23?/m1/s1. The molecule has 4 heterocycles. The number of benzene rings is 1. The maximum absolute atomic E-state index is 12.5. The minimum atomic E-state index is -0.110. The summed E-state index contributed by atoms with van der Waals surface area (Å²) in [5.41, 5.74) is 3.99. The summed E-state index contributed by atoms with van der Waals surface area (Å²) in [5.74, 6) is 0.854. The summed E-state index contributed by atoms with van der Waals surface area (Å²) in [6.45, 7) is 6.02. The van der Waals surface area contributed by atoms with E-state index in [1.54, 1.807) is 6.20 Å². The lowest BCUT2D eigenvalue weighted by atomic mass is 10.0. The summed E-state index contributed by atoms with van der Waals surface area (Å²) < 4.78 is 11.4. The average Bonchev–Trinajstić information content (AvgIpc) is 2.92. The Morgan fingerprint density at radius 2 is 1.97 bits per heavy atom. The molecule has 1 amide bonds. The number of morpholine rings is 2. The lowest BCUT2D eigenvalue weighted by Crippen LogP contribution is -2.53. The Balaban J connectivity index is 1.27. The molecule has 4 aliphatic rings. The molecular weight excluding hydrogens is 458 g/mol. The first kappa shape index (κ1) is 24.5. The van der Waals surface area contributed by atoms with Gasteiger partial charge in [0.2, 0.25) is 5.91 Å². The van der Waals surface area contributed by atoms with Crippen molar-refractivity contribution in [3.05, 3.63) is 48.3 Å². The van der Waals surface area contributed by atoms with Crippen molar-refractivity contribution in [1.29, 1.82) is 0 Å². The molecule has 5 rings (SSSR count). The van der Waals surface area contributed by atoms with E-state index >= 15 is 0 Å². The second kappa shape index (κ2) is 11.2. The van der Waals surface area contributed by atoms with Crippen LogP contribution in [0.15, 0.2) is 52.7 Å². The maximum Gasteiger partial charge on any atom is 0.236 e. The van der Waals surface area contributed by atoms with Crippen LogP contribution in [0.25, 0.3) is 5.70 Å². The van der Waals surface area contributed by atoms with Gasteiger partial charge in [-0.15, -0.1) is 0 Å². The number of rotatable bonds is 6. The van der Waals surface area contributed by atoms with Gasteiger partial charge in [-0.2, -0.15) is 0 Å². The van der Waals surface area contributed by atoms with E-state index in [-0.39, 0.29) is 18.1 Å². The van der Waals surface area contributed by atoms with Crippen molar-refractivity contribution in [3.8, 4) is 0 Å². The first-order valence-electron chi connectivity index (χ1n) is 12.6. The number of nitrogens with zero attached hydrogens (tertiary/aromatic N) is 5. The van der Waals surface area contributed by atoms with Gasteiger partial charge in [0.1, 0.15) is 5.71 Å². The largest absolute Gasteiger partial charge is 0.378 e. The van der Waals surface area contributed by atoms with Crippen LogP contribution in [-0.2, 0) is 14.3 Å². The van der Waals surface area contributed by atoms with Gasteiger partial charge in [0.05, 0.1) is 44.2 Å². The summed E-state index contributed by atoms with van der Waals surface area (Å²) in [6.07, 6.45) is 5.60. The van der Waals surface area contributed by atoms with Gasteiger partial charge in [-0.1, -0.05) is 12.1 Å². The first-order chi connectivity index (χ1) is 17.6. The van der Waals surface area contributed by atoms with E-state index in [1.807, 2.05) is 30.1 Å². The van der Waals surface area contributed by atoms with Crippen LogP contribution in [-0.4, -0.2) is 113 Å².